The van der Waals surface area contributed by atoms with E-state index in [2.05, 4.69) is 34.4 Å². The van der Waals surface area contributed by atoms with Gasteiger partial charge in [0.15, 0.2) is 10.9 Å². The lowest BCUT2D eigenvalue weighted by Gasteiger charge is -2.29. The lowest BCUT2D eigenvalue weighted by Crippen LogP contribution is -2.36. The number of nitrogens with zero attached hydrogens (tertiary/aromatic N) is 4. The fourth-order valence-electron chi connectivity index (χ4n) is 4.31. The number of likely N-dealkylation sites (tertiary alicyclic amines) is 1. The van der Waals surface area contributed by atoms with E-state index in [4.69, 9.17) is 9.98 Å². The second-order valence-corrected chi connectivity index (χ2v) is 9.44. The summed E-state index contributed by atoms with van der Waals surface area (Å²) < 4.78 is 0. The molecule has 0 atom stereocenters. The smallest absolute Gasteiger partial charge is 0.183 e. The molecule has 1 aromatic carbocycles. The van der Waals surface area contributed by atoms with Gasteiger partial charge in [0.05, 0.1) is 0 Å². The maximum Gasteiger partial charge on any atom is 0.183 e. The third kappa shape index (κ3) is 4.64. The number of ketones is 1. The number of rotatable bonds is 6. The number of aromatic nitrogens is 2. The van der Waals surface area contributed by atoms with Crippen LogP contribution in [0.2, 0.25) is 0 Å². The van der Waals surface area contributed by atoms with Crippen LogP contribution in [0.1, 0.15) is 41.6 Å². The summed E-state index contributed by atoms with van der Waals surface area (Å²) in [6.07, 6.45) is 5.95. The van der Waals surface area contributed by atoms with Crippen molar-refractivity contribution in [1.29, 1.82) is 0 Å². The Balaban J connectivity index is 1.36. The third-order valence-corrected chi connectivity index (χ3v) is 6.97. The molecule has 2 aliphatic rings. The second kappa shape index (κ2) is 9.30. The SMILES string of the molecule is CN1CCC(Nc2nc(-c3nccc4c3N=C(CCc3ccccc3)CC4=O)cs2)CC1. The fraction of sp³-hybridized carbons (Fsp3) is 0.360. The molecule has 1 saturated heterocycles. The van der Waals surface area contributed by atoms with Gasteiger partial charge in [-0.15, -0.1) is 11.3 Å². The Morgan fingerprint density at radius 3 is 2.75 bits per heavy atom. The zero-order valence-corrected chi connectivity index (χ0v) is 19.1. The zero-order valence-electron chi connectivity index (χ0n) is 18.3. The highest BCUT2D eigenvalue weighted by Crippen LogP contribution is 2.37. The van der Waals surface area contributed by atoms with E-state index in [1.165, 1.54) is 5.56 Å². The molecule has 1 fully saturated rings. The Bertz CT molecular complexity index is 1130. The van der Waals surface area contributed by atoms with E-state index in [0.29, 0.717) is 29.4 Å². The quantitative estimate of drug-likeness (QED) is 0.578. The number of aryl methyl sites for hydroxylation is 1. The molecule has 32 heavy (non-hydrogen) atoms. The van der Waals surface area contributed by atoms with Crippen LogP contribution in [0, 0.1) is 0 Å². The number of hydrogen-bond acceptors (Lipinski definition) is 7. The summed E-state index contributed by atoms with van der Waals surface area (Å²) in [6, 6.07) is 12.6. The second-order valence-electron chi connectivity index (χ2n) is 8.58. The Labute approximate surface area is 192 Å². The molecule has 3 aromatic rings. The summed E-state index contributed by atoms with van der Waals surface area (Å²) >= 11 is 1.59. The van der Waals surface area contributed by atoms with Gasteiger partial charge in [0.2, 0.25) is 0 Å². The molecule has 7 heteroatoms. The molecule has 1 N–H and O–H groups in total. The highest BCUT2D eigenvalue weighted by atomic mass is 32.1. The number of aliphatic imine (C=N–C) groups is 1. The van der Waals surface area contributed by atoms with E-state index in [-0.39, 0.29) is 5.78 Å². The first-order valence-electron chi connectivity index (χ1n) is 11.2. The van der Waals surface area contributed by atoms with Crippen LogP contribution in [0.15, 0.2) is 53.0 Å². The van der Waals surface area contributed by atoms with Gasteiger partial charge in [-0.3, -0.25) is 14.8 Å². The van der Waals surface area contributed by atoms with Crippen molar-refractivity contribution in [3.8, 4) is 11.4 Å². The Morgan fingerprint density at radius 1 is 1.12 bits per heavy atom. The standard InChI is InChI=1S/C25H27N5OS/c1-30-13-10-18(11-14-30)28-25-29-21(16-32-25)24-23-20(9-12-26-24)22(31)15-19(27-23)8-7-17-5-3-2-4-6-17/h2-6,9,12,16,18H,7-8,10-11,13-15H2,1H3,(H,28,29). The van der Waals surface area contributed by atoms with Crippen LogP contribution >= 0.6 is 11.3 Å². The molecular weight excluding hydrogens is 418 g/mol. The highest BCUT2D eigenvalue weighted by molar-refractivity contribution is 7.14. The first-order chi connectivity index (χ1) is 15.7. The van der Waals surface area contributed by atoms with Crippen molar-refractivity contribution < 1.29 is 4.79 Å². The molecule has 6 nitrogen and oxygen atoms in total. The minimum absolute atomic E-state index is 0.113. The van der Waals surface area contributed by atoms with Crippen LogP contribution < -0.4 is 5.32 Å². The van der Waals surface area contributed by atoms with Crippen LogP contribution in [0.25, 0.3) is 11.4 Å². The number of Topliss-reactive ketones (excluding diaryl/α,β-unsaturated/α-hetero) is 1. The molecule has 164 valence electrons. The number of anilines is 1. The van der Waals surface area contributed by atoms with Crippen LogP contribution in [0.4, 0.5) is 10.8 Å². The number of piperidine rings is 1. The van der Waals surface area contributed by atoms with Gasteiger partial charge >= 0.3 is 0 Å². The third-order valence-electron chi connectivity index (χ3n) is 6.20. The molecule has 0 spiro atoms. The van der Waals surface area contributed by atoms with E-state index in [0.717, 1.165) is 55.3 Å². The van der Waals surface area contributed by atoms with Crippen LogP contribution in [0.5, 0.6) is 0 Å². The first kappa shape index (κ1) is 21.0. The number of fused-ring (bicyclic) bond motifs is 1. The van der Waals surface area contributed by atoms with Crippen LogP contribution in [-0.2, 0) is 6.42 Å². The molecule has 0 saturated carbocycles. The highest BCUT2D eigenvalue weighted by Gasteiger charge is 2.25. The number of pyridine rings is 1. The van der Waals surface area contributed by atoms with Gasteiger partial charge < -0.3 is 10.2 Å². The van der Waals surface area contributed by atoms with E-state index in [1.807, 2.05) is 23.6 Å². The number of hydrogen-bond donors (Lipinski definition) is 1. The van der Waals surface area contributed by atoms with Crippen molar-refractivity contribution >= 4 is 33.7 Å². The Kier molecular flexibility index (Phi) is 6.10. The van der Waals surface area contributed by atoms with Gasteiger partial charge in [-0.25, -0.2) is 4.98 Å². The summed E-state index contributed by atoms with van der Waals surface area (Å²) in [4.78, 5) is 29.5. The van der Waals surface area contributed by atoms with Crippen LogP contribution in [0.3, 0.4) is 0 Å². The minimum Gasteiger partial charge on any atom is -0.359 e. The van der Waals surface area contributed by atoms with Crippen molar-refractivity contribution in [2.45, 2.75) is 38.1 Å². The average molecular weight is 446 g/mol. The molecule has 0 unspecified atom stereocenters. The molecule has 5 rings (SSSR count). The summed E-state index contributed by atoms with van der Waals surface area (Å²) in [6.45, 7) is 2.21. The molecule has 0 radical (unpaired) electrons. The van der Waals surface area contributed by atoms with Gasteiger partial charge in [-0.05, 0) is 57.5 Å². The monoisotopic (exact) mass is 445 g/mol. The molecule has 0 bridgehead atoms. The summed E-state index contributed by atoms with van der Waals surface area (Å²) in [5.74, 6) is 0.113. The Hall–Kier alpha value is -2.90. The molecule has 0 amide bonds. The number of benzene rings is 1. The predicted molar refractivity (Wildman–Crippen MR) is 130 cm³/mol. The maximum absolute atomic E-state index is 12.8. The minimum atomic E-state index is 0.113. The van der Waals surface area contributed by atoms with Crippen molar-refractivity contribution in [3.05, 3.63) is 59.1 Å². The molecule has 2 aromatic heterocycles. The van der Waals surface area contributed by atoms with E-state index >= 15 is 0 Å². The largest absolute Gasteiger partial charge is 0.359 e. The van der Waals surface area contributed by atoms with Gasteiger partial charge in [0.1, 0.15) is 17.1 Å². The lowest BCUT2D eigenvalue weighted by atomic mass is 9.96. The number of nitrogens with one attached hydrogen (secondary N) is 1. The van der Waals surface area contributed by atoms with Crippen molar-refractivity contribution in [1.82, 2.24) is 14.9 Å². The maximum atomic E-state index is 12.8. The fourth-order valence-corrected chi connectivity index (χ4v) is 5.09. The molecule has 0 aliphatic carbocycles. The average Bonchev–Trinajstić information content (AvgIpc) is 3.28. The summed E-state index contributed by atoms with van der Waals surface area (Å²) in [5, 5.41) is 6.50. The van der Waals surface area contributed by atoms with E-state index < -0.39 is 0 Å². The van der Waals surface area contributed by atoms with Gasteiger partial charge in [-0.1, -0.05) is 30.3 Å². The number of carbonyl (C=O) groups is 1. The topological polar surface area (TPSA) is 70.5 Å². The number of carbonyl (C=O) groups excluding carboxylic acids is 1. The van der Waals surface area contributed by atoms with Gasteiger partial charge in [0.25, 0.3) is 0 Å². The Morgan fingerprint density at radius 2 is 1.94 bits per heavy atom. The van der Waals surface area contributed by atoms with Crippen molar-refractivity contribution in [2.24, 2.45) is 4.99 Å². The predicted octanol–water partition coefficient (Wildman–Crippen LogP) is 5.00. The number of thiazole rings is 1. The normalized spacial score (nSPS) is 17.2. The molecule has 4 heterocycles. The van der Waals surface area contributed by atoms with Gasteiger partial charge in [0, 0.05) is 35.3 Å². The summed E-state index contributed by atoms with van der Waals surface area (Å²) in [7, 11) is 2.16. The summed E-state index contributed by atoms with van der Waals surface area (Å²) in [5.41, 5.74) is 4.97. The van der Waals surface area contributed by atoms with E-state index in [1.54, 1.807) is 23.6 Å². The first-order valence-corrected chi connectivity index (χ1v) is 12.1. The van der Waals surface area contributed by atoms with Crippen LogP contribution in [-0.4, -0.2) is 52.5 Å². The lowest BCUT2D eigenvalue weighted by molar-refractivity contribution is 0.0999. The molecule has 2 aliphatic heterocycles. The van der Waals surface area contributed by atoms with Crippen molar-refractivity contribution in [3.63, 3.8) is 0 Å². The van der Waals surface area contributed by atoms with Gasteiger partial charge in [-0.2, -0.15) is 0 Å². The van der Waals surface area contributed by atoms with E-state index in [9.17, 15) is 4.79 Å². The van der Waals surface area contributed by atoms with Crippen molar-refractivity contribution in [2.75, 3.05) is 25.5 Å². The molecular formula is C25H27N5OS. The zero-order chi connectivity index (χ0) is 21.9.